The van der Waals surface area contributed by atoms with Crippen LogP contribution >= 0.6 is 11.6 Å². The van der Waals surface area contributed by atoms with Crippen molar-refractivity contribution in [2.45, 2.75) is 44.6 Å². The molecule has 0 N–H and O–H groups in total. The molecule has 2 heteroatoms. The summed E-state index contributed by atoms with van der Waals surface area (Å²) in [5, 5.41) is 0.833. The van der Waals surface area contributed by atoms with Crippen LogP contribution in [0.1, 0.15) is 44.6 Å². The second-order valence-corrected chi connectivity index (χ2v) is 5.60. The van der Waals surface area contributed by atoms with E-state index in [0.29, 0.717) is 5.54 Å². The maximum absolute atomic E-state index is 5.97. The summed E-state index contributed by atoms with van der Waals surface area (Å²) in [5.41, 5.74) is 1.73. The minimum absolute atomic E-state index is 0.291. The molecule has 0 heterocycles. The molecule has 0 atom stereocenters. The fraction of sp³-hybridized carbons (Fsp3) is 0.600. The summed E-state index contributed by atoms with van der Waals surface area (Å²) in [6.07, 6.45) is 6.47. The minimum atomic E-state index is 0.291. The molecule has 1 aromatic rings. The Morgan fingerprint density at radius 3 is 2.35 bits per heavy atom. The summed E-state index contributed by atoms with van der Waals surface area (Å²) in [5.74, 6) is 0. The van der Waals surface area contributed by atoms with Gasteiger partial charge in [-0.3, -0.25) is 4.90 Å². The Kier molecular flexibility index (Phi) is 4.11. The lowest BCUT2D eigenvalue weighted by molar-refractivity contribution is 0.0335. The van der Waals surface area contributed by atoms with Gasteiger partial charge in [0, 0.05) is 10.6 Å². The number of rotatable bonds is 5. The van der Waals surface area contributed by atoms with E-state index in [0.717, 1.165) is 5.02 Å². The highest BCUT2D eigenvalue weighted by molar-refractivity contribution is 6.30. The molecule has 1 nitrogen and oxygen atoms in total. The third kappa shape index (κ3) is 2.51. The number of hydrogen-bond acceptors (Lipinski definition) is 1. The van der Waals surface area contributed by atoms with Crippen molar-refractivity contribution in [3.63, 3.8) is 0 Å². The molecule has 94 valence electrons. The number of hydrogen-bond donors (Lipinski definition) is 0. The molecule has 0 bridgehead atoms. The summed E-state index contributed by atoms with van der Waals surface area (Å²) in [7, 11) is 2.27. The predicted octanol–water partition coefficient (Wildman–Crippen LogP) is 4.45. The van der Waals surface area contributed by atoms with Gasteiger partial charge in [0.15, 0.2) is 0 Å². The number of halogens is 1. The number of nitrogens with zero attached hydrogens (tertiary/aromatic N) is 1. The molecule has 0 aromatic heterocycles. The Bertz CT molecular complexity index is 354. The Labute approximate surface area is 110 Å². The van der Waals surface area contributed by atoms with Gasteiger partial charge >= 0.3 is 0 Å². The van der Waals surface area contributed by atoms with E-state index in [1.807, 2.05) is 12.1 Å². The summed E-state index contributed by atoms with van der Waals surface area (Å²) in [6, 6.07) is 8.43. The van der Waals surface area contributed by atoms with E-state index >= 15 is 0 Å². The smallest absolute Gasteiger partial charge is 0.0457 e. The second kappa shape index (κ2) is 5.41. The van der Waals surface area contributed by atoms with Gasteiger partial charge in [-0.15, -0.1) is 0 Å². The van der Waals surface area contributed by atoms with Gasteiger partial charge in [0.1, 0.15) is 0 Å². The zero-order valence-electron chi connectivity index (χ0n) is 10.9. The van der Waals surface area contributed by atoms with Crippen molar-refractivity contribution in [1.82, 2.24) is 4.90 Å². The molecule has 2 rings (SSSR count). The zero-order valence-corrected chi connectivity index (χ0v) is 11.6. The molecule has 1 aliphatic carbocycles. The fourth-order valence-electron chi connectivity index (χ4n) is 2.77. The van der Waals surface area contributed by atoms with Crippen molar-refractivity contribution < 1.29 is 0 Å². The molecule has 0 aliphatic heterocycles. The van der Waals surface area contributed by atoms with Crippen molar-refractivity contribution in [2.75, 3.05) is 13.6 Å². The first-order valence-corrected chi connectivity index (χ1v) is 7.04. The van der Waals surface area contributed by atoms with Crippen molar-refractivity contribution in [3.05, 3.63) is 34.9 Å². The second-order valence-electron chi connectivity index (χ2n) is 5.17. The molecule has 0 radical (unpaired) electrons. The van der Waals surface area contributed by atoms with E-state index in [4.69, 9.17) is 11.6 Å². The quantitative estimate of drug-likeness (QED) is 0.747. The van der Waals surface area contributed by atoms with Crippen LogP contribution in [0.5, 0.6) is 0 Å². The highest BCUT2D eigenvalue weighted by Gasteiger charge is 2.41. The number of unbranched alkanes of at least 4 members (excludes halogenated alkanes) is 1. The first-order valence-electron chi connectivity index (χ1n) is 6.66. The van der Waals surface area contributed by atoms with E-state index in [1.54, 1.807) is 0 Å². The third-order valence-corrected chi connectivity index (χ3v) is 4.39. The zero-order chi connectivity index (χ0) is 12.3. The summed E-state index contributed by atoms with van der Waals surface area (Å²) in [6.45, 7) is 3.45. The lowest BCUT2D eigenvalue weighted by atomic mass is 9.70. The molecule has 1 fully saturated rings. The topological polar surface area (TPSA) is 3.24 Å². The average molecular weight is 252 g/mol. The van der Waals surface area contributed by atoms with Crippen molar-refractivity contribution in [2.24, 2.45) is 0 Å². The molecule has 0 saturated heterocycles. The standard InChI is InChI=1S/C15H22ClN/c1-3-4-12-17(2)15(10-5-11-15)13-6-8-14(16)9-7-13/h6-9H,3-5,10-12H2,1-2H3. The van der Waals surface area contributed by atoms with Gasteiger partial charge in [-0.05, 0) is 57.0 Å². The van der Waals surface area contributed by atoms with Crippen LogP contribution in [0, 0.1) is 0 Å². The molecule has 1 aliphatic rings. The Morgan fingerprint density at radius 2 is 1.88 bits per heavy atom. The van der Waals surface area contributed by atoms with Crippen LogP contribution in [-0.2, 0) is 5.54 Å². The summed E-state index contributed by atoms with van der Waals surface area (Å²) in [4.78, 5) is 2.54. The van der Waals surface area contributed by atoms with Gasteiger partial charge in [-0.1, -0.05) is 37.1 Å². The van der Waals surface area contributed by atoms with Crippen molar-refractivity contribution >= 4 is 11.6 Å². The van der Waals surface area contributed by atoms with Crippen LogP contribution in [0.2, 0.25) is 5.02 Å². The highest BCUT2D eigenvalue weighted by atomic mass is 35.5. The van der Waals surface area contributed by atoms with Crippen LogP contribution in [0.3, 0.4) is 0 Å². The first kappa shape index (κ1) is 12.9. The lowest BCUT2D eigenvalue weighted by Crippen LogP contribution is -2.49. The average Bonchev–Trinajstić information content (AvgIpc) is 2.27. The molecule has 0 spiro atoms. The Hall–Kier alpha value is -0.530. The largest absolute Gasteiger partial charge is 0.297 e. The number of benzene rings is 1. The van der Waals surface area contributed by atoms with Crippen LogP contribution in [-0.4, -0.2) is 18.5 Å². The monoisotopic (exact) mass is 251 g/mol. The predicted molar refractivity (Wildman–Crippen MR) is 74.5 cm³/mol. The van der Waals surface area contributed by atoms with Gasteiger partial charge in [0.25, 0.3) is 0 Å². The van der Waals surface area contributed by atoms with Crippen LogP contribution in [0.25, 0.3) is 0 Å². The van der Waals surface area contributed by atoms with Gasteiger partial charge < -0.3 is 0 Å². The Balaban J connectivity index is 2.16. The van der Waals surface area contributed by atoms with Crippen molar-refractivity contribution in [3.8, 4) is 0 Å². The maximum Gasteiger partial charge on any atom is 0.0457 e. The van der Waals surface area contributed by atoms with Gasteiger partial charge in [0.2, 0.25) is 0 Å². The maximum atomic E-state index is 5.97. The van der Waals surface area contributed by atoms with Crippen LogP contribution in [0.15, 0.2) is 24.3 Å². The van der Waals surface area contributed by atoms with Gasteiger partial charge in [-0.2, -0.15) is 0 Å². The van der Waals surface area contributed by atoms with E-state index in [9.17, 15) is 0 Å². The summed E-state index contributed by atoms with van der Waals surface area (Å²) >= 11 is 5.97. The van der Waals surface area contributed by atoms with E-state index in [2.05, 4.69) is 31.0 Å². The first-order chi connectivity index (χ1) is 8.19. The van der Waals surface area contributed by atoms with Crippen molar-refractivity contribution in [1.29, 1.82) is 0 Å². The summed E-state index contributed by atoms with van der Waals surface area (Å²) < 4.78 is 0. The van der Waals surface area contributed by atoms with E-state index in [-0.39, 0.29) is 0 Å². The normalized spacial score (nSPS) is 18.1. The van der Waals surface area contributed by atoms with Gasteiger partial charge in [0.05, 0.1) is 0 Å². The molecule has 17 heavy (non-hydrogen) atoms. The highest BCUT2D eigenvalue weighted by Crippen LogP contribution is 2.46. The van der Waals surface area contributed by atoms with Crippen LogP contribution < -0.4 is 0 Å². The third-order valence-electron chi connectivity index (χ3n) is 4.14. The molecule has 0 amide bonds. The molecular formula is C15H22ClN. The molecular weight excluding hydrogens is 230 g/mol. The fourth-order valence-corrected chi connectivity index (χ4v) is 2.90. The van der Waals surface area contributed by atoms with E-state index < -0.39 is 0 Å². The molecule has 1 aromatic carbocycles. The van der Waals surface area contributed by atoms with Gasteiger partial charge in [-0.25, -0.2) is 0 Å². The SMILES string of the molecule is CCCCN(C)C1(c2ccc(Cl)cc2)CCC1. The molecule has 0 unspecified atom stereocenters. The van der Waals surface area contributed by atoms with Crippen LogP contribution in [0.4, 0.5) is 0 Å². The minimum Gasteiger partial charge on any atom is -0.297 e. The molecule has 1 saturated carbocycles. The van der Waals surface area contributed by atoms with E-state index in [1.165, 1.54) is 44.2 Å². The Morgan fingerprint density at radius 1 is 1.24 bits per heavy atom. The lowest BCUT2D eigenvalue weighted by Gasteiger charge is -2.49.